The molecule has 0 aliphatic heterocycles. The molecule has 0 fully saturated rings. The van der Waals surface area contributed by atoms with Crippen LogP contribution >= 0.6 is 0 Å². The number of hydrogen-bond acceptors (Lipinski definition) is 3. The van der Waals surface area contributed by atoms with Crippen LogP contribution in [0.5, 0.6) is 0 Å². The van der Waals surface area contributed by atoms with Crippen LogP contribution in [0.25, 0.3) is 0 Å². The van der Waals surface area contributed by atoms with Crippen molar-refractivity contribution in [3.05, 3.63) is 23.5 Å². The molecule has 0 spiro atoms. The van der Waals surface area contributed by atoms with Crippen LogP contribution < -0.4 is 0 Å². The number of aryl methyl sites for hydroxylation is 1. The van der Waals surface area contributed by atoms with E-state index in [0.717, 1.165) is 5.56 Å². The van der Waals surface area contributed by atoms with Crippen LogP contribution in [0.3, 0.4) is 0 Å². The highest BCUT2D eigenvalue weighted by Gasteiger charge is 2.05. The number of H-pyrrole nitrogens is 1. The molecular formula is C10H13NO3. The van der Waals surface area contributed by atoms with Crippen molar-refractivity contribution in [2.24, 2.45) is 0 Å². The number of Topliss-reactive ketones (excluding diaryl/α,β-unsaturated/α-hetero) is 1. The van der Waals surface area contributed by atoms with Gasteiger partial charge in [0.15, 0.2) is 5.78 Å². The Kier molecular flexibility index (Phi) is 3.45. The van der Waals surface area contributed by atoms with Crippen LogP contribution in [0.15, 0.2) is 12.3 Å². The summed E-state index contributed by atoms with van der Waals surface area (Å²) in [5, 5.41) is 0. The van der Waals surface area contributed by atoms with Crippen molar-refractivity contribution in [1.29, 1.82) is 0 Å². The molecule has 4 heteroatoms. The van der Waals surface area contributed by atoms with Gasteiger partial charge < -0.3 is 9.72 Å². The second-order valence-corrected chi connectivity index (χ2v) is 3.05. The zero-order valence-electron chi connectivity index (χ0n) is 8.29. The molecule has 14 heavy (non-hydrogen) atoms. The maximum atomic E-state index is 10.9. The van der Waals surface area contributed by atoms with Crippen molar-refractivity contribution in [3.63, 3.8) is 0 Å². The average Bonchev–Trinajstić information content (AvgIpc) is 2.62. The van der Waals surface area contributed by atoms with Gasteiger partial charge in [0.1, 0.15) is 0 Å². The number of hydrogen-bond donors (Lipinski definition) is 1. The van der Waals surface area contributed by atoms with Crippen LogP contribution in [0.4, 0.5) is 0 Å². The monoisotopic (exact) mass is 195 g/mol. The predicted octanol–water partition coefficient (Wildman–Crippen LogP) is 1.32. The summed E-state index contributed by atoms with van der Waals surface area (Å²) in [5.41, 5.74) is 1.52. The molecule has 0 bridgehead atoms. The Labute approximate surface area is 82.3 Å². The molecule has 0 saturated carbocycles. The van der Waals surface area contributed by atoms with Gasteiger partial charge in [0.25, 0.3) is 0 Å². The number of carbonyl (C=O) groups is 2. The molecule has 1 heterocycles. The smallest absolute Gasteiger partial charge is 0.305 e. The lowest BCUT2D eigenvalue weighted by Crippen LogP contribution is -2.01. The molecular weight excluding hydrogens is 182 g/mol. The molecule has 0 saturated heterocycles. The highest BCUT2D eigenvalue weighted by Crippen LogP contribution is 2.07. The summed E-state index contributed by atoms with van der Waals surface area (Å²) in [4.78, 5) is 24.6. The Balaban J connectivity index is 2.52. The Morgan fingerprint density at radius 3 is 2.71 bits per heavy atom. The number of rotatable bonds is 4. The maximum absolute atomic E-state index is 10.9. The van der Waals surface area contributed by atoms with Crippen molar-refractivity contribution in [3.8, 4) is 0 Å². The number of esters is 1. The number of ether oxygens (including phenoxy) is 1. The average molecular weight is 195 g/mol. The summed E-state index contributed by atoms with van der Waals surface area (Å²) in [6.45, 7) is 1.50. The van der Waals surface area contributed by atoms with Gasteiger partial charge in [-0.1, -0.05) is 0 Å². The summed E-state index contributed by atoms with van der Waals surface area (Å²) < 4.78 is 4.51. The highest BCUT2D eigenvalue weighted by molar-refractivity contribution is 5.92. The fourth-order valence-electron chi connectivity index (χ4n) is 1.14. The summed E-state index contributed by atoms with van der Waals surface area (Å²) in [6.07, 6.45) is 2.67. The third-order valence-electron chi connectivity index (χ3n) is 1.97. The zero-order chi connectivity index (χ0) is 10.6. The topological polar surface area (TPSA) is 59.2 Å². The van der Waals surface area contributed by atoms with Gasteiger partial charge in [0.05, 0.1) is 12.8 Å². The predicted molar refractivity (Wildman–Crippen MR) is 51.1 cm³/mol. The fourth-order valence-corrected chi connectivity index (χ4v) is 1.14. The summed E-state index contributed by atoms with van der Waals surface area (Å²) in [5.74, 6) is -0.245. The molecule has 0 radical (unpaired) electrons. The minimum Gasteiger partial charge on any atom is -0.469 e. The van der Waals surface area contributed by atoms with Gasteiger partial charge in [-0.05, 0) is 18.1 Å². The molecule has 0 aromatic carbocycles. The van der Waals surface area contributed by atoms with E-state index in [4.69, 9.17) is 0 Å². The quantitative estimate of drug-likeness (QED) is 0.582. The molecule has 0 aliphatic carbocycles. The van der Waals surface area contributed by atoms with Crippen molar-refractivity contribution in [2.45, 2.75) is 19.8 Å². The van der Waals surface area contributed by atoms with Crippen LogP contribution in [-0.4, -0.2) is 23.8 Å². The van der Waals surface area contributed by atoms with Crippen molar-refractivity contribution >= 4 is 11.8 Å². The molecule has 1 rings (SSSR count). The van der Waals surface area contributed by atoms with Gasteiger partial charge in [-0.15, -0.1) is 0 Å². The first kappa shape index (κ1) is 10.5. The minimum absolute atomic E-state index is 0.00526. The maximum Gasteiger partial charge on any atom is 0.305 e. The summed E-state index contributed by atoms with van der Waals surface area (Å²) >= 11 is 0. The first-order chi connectivity index (χ1) is 6.63. The van der Waals surface area contributed by atoms with E-state index in [1.54, 1.807) is 12.3 Å². The number of methoxy groups -OCH3 is 1. The van der Waals surface area contributed by atoms with E-state index in [1.165, 1.54) is 14.0 Å². The van der Waals surface area contributed by atoms with E-state index in [0.29, 0.717) is 18.5 Å². The lowest BCUT2D eigenvalue weighted by molar-refractivity contribution is -0.140. The van der Waals surface area contributed by atoms with Gasteiger partial charge in [-0.2, -0.15) is 0 Å². The van der Waals surface area contributed by atoms with Crippen LogP contribution in [0.1, 0.15) is 29.4 Å². The van der Waals surface area contributed by atoms with Crippen LogP contribution in [0, 0.1) is 0 Å². The second kappa shape index (κ2) is 4.60. The van der Waals surface area contributed by atoms with Gasteiger partial charge in [0.2, 0.25) is 0 Å². The molecule has 76 valence electrons. The molecule has 0 aliphatic rings. The first-order valence-electron chi connectivity index (χ1n) is 4.38. The standard InChI is InChI=1S/C10H13NO3/c1-7(12)9-5-8(6-11-9)3-4-10(13)14-2/h5-6,11H,3-4H2,1-2H3. The summed E-state index contributed by atoms with van der Waals surface area (Å²) in [7, 11) is 1.36. The molecule has 1 aromatic heterocycles. The lowest BCUT2D eigenvalue weighted by atomic mass is 10.2. The second-order valence-electron chi connectivity index (χ2n) is 3.05. The third-order valence-corrected chi connectivity index (χ3v) is 1.97. The molecule has 0 atom stereocenters. The largest absolute Gasteiger partial charge is 0.469 e. The Bertz CT molecular complexity index is 341. The van der Waals surface area contributed by atoms with E-state index >= 15 is 0 Å². The van der Waals surface area contributed by atoms with Gasteiger partial charge >= 0.3 is 5.97 Å². The number of nitrogens with one attached hydrogen (secondary N) is 1. The normalized spacial score (nSPS) is 9.86. The van der Waals surface area contributed by atoms with E-state index in [9.17, 15) is 9.59 Å². The number of aromatic nitrogens is 1. The van der Waals surface area contributed by atoms with E-state index in [-0.39, 0.29) is 11.8 Å². The van der Waals surface area contributed by atoms with E-state index in [1.807, 2.05) is 0 Å². The Hall–Kier alpha value is -1.58. The molecule has 4 nitrogen and oxygen atoms in total. The molecule has 1 aromatic rings. The fraction of sp³-hybridized carbons (Fsp3) is 0.400. The highest BCUT2D eigenvalue weighted by atomic mass is 16.5. The zero-order valence-corrected chi connectivity index (χ0v) is 8.29. The Morgan fingerprint density at radius 1 is 1.50 bits per heavy atom. The SMILES string of the molecule is COC(=O)CCc1c[nH]c(C(C)=O)c1. The molecule has 1 N–H and O–H groups in total. The third kappa shape index (κ3) is 2.73. The van der Waals surface area contributed by atoms with Crippen molar-refractivity contribution in [1.82, 2.24) is 4.98 Å². The van der Waals surface area contributed by atoms with Gasteiger partial charge in [0, 0.05) is 19.5 Å². The van der Waals surface area contributed by atoms with Crippen molar-refractivity contribution < 1.29 is 14.3 Å². The Morgan fingerprint density at radius 2 is 2.21 bits per heavy atom. The van der Waals surface area contributed by atoms with Gasteiger partial charge in [-0.3, -0.25) is 9.59 Å². The lowest BCUT2D eigenvalue weighted by Gasteiger charge is -1.95. The van der Waals surface area contributed by atoms with E-state index < -0.39 is 0 Å². The number of ketones is 1. The van der Waals surface area contributed by atoms with Gasteiger partial charge in [-0.25, -0.2) is 0 Å². The van der Waals surface area contributed by atoms with Crippen LogP contribution in [-0.2, 0) is 16.0 Å². The van der Waals surface area contributed by atoms with Crippen LogP contribution in [0.2, 0.25) is 0 Å². The number of aromatic amines is 1. The minimum atomic E-state index is -0.240. The number of carbonyl (C=O) groups excluding carboxylic acids is 2. The molecule has 0 unspecified atom stereocenters. The van der Waals surface area contributed by atoms with E-state index in [2.05, 4.69) is 9.72 Å². The summed E-state index contributed by atoms with van der Waals surface area (Å²) in [6, 6.07) is 1.76. The molecule has 0 amide bonds. The first-order valence-corrected chi connectivity index (χ1v) is 4.38. The van der Waals surface area contributed by atoms with Crippen molar-refractivity contribution in [2.75, 3.05) is 7.11 Å².